The van der Waals surface area contributed by atoms with Crippen LogP contribution in [0.3, 0.4) is 0 Å². The van der Waals surface area contributed by atoms with Crippen molar-refractivity contribution < 1.29 is 5.11 Å². The first-order chi connectivity index (χ1) is 4.74. The molecule has 0 amide bonds. The highest BCUT2D eigenvalue weighted by atomic mass is 16.2. The van der Waals surface area contributed by atoms with Crippen LogP contribution in [0.1, 0.15) is 34.1 Å². The molecule has 0 unspecified atom stereocenters. The van der Waals surface area contributed by atoms with Crippen LogP contribution in [0.4, 0.5) is 0 Å². The van der Waals surface area contributed by atoms with Crippen LogP contribution >= 0.6 is 0 Å². The van der Waals surface area contributed by atoms with Gasteiger partial charge in [-0.25, -0.2) is 6.57 Å². The highest BCUT2D eigenvalue weighted by Crippen LogP contribution is 1.56. The fourth-order valence-electron chi connectivity index (χ4n) is 0. The van der Waals surface area contributed by atoms with Crippen molar-refractivity contribution in [2.75, 3.05) is 13.2 Å². The summed E-state index contributed by atoms with van der Waals surface area (Å²) in [6, 6.07) is 0. The van der Waals surface area contributed by atoms with Crippen LogP contribution < -0.4 is 0 Å². The Kier molecular flexibility index (Phi) is 63.9. The van der Waals surface area contributed by atoms with Crippen LogP contribution in [0.25, 0.3) is 4.85 Å². The Bertz CT molecular complexity index is 54.8. The first-order valence-electron chi connectivity index (χ1n) is 3.68. The summed E-state index contributed by atoms with van der Waals surface area (Å²) < 4.78 is 0. The number of nitrogens with zero attached hydrogens (tertiary/aromatic N) is 1. The molecule has 0 radical (unpaired) electrons. The summed E-state index contributed by atoms with van der Waals surface area (Å²) >= 11 is 0. The molecule has 0 aliphatic carbocycles. The second-order valence-corrected chi connectivity index (χ2v) is 1.50. The normalized spacial score (nSPS) is 5.60. The zero-order valence-electron chi connectivity index (χ0n) is 7.52. The average Bonchev–Trinajstić information content (AvgIpc) is 1.91. The van der Waals surface area contributed by atoms with Gasteiger partial charge in [-0.1, -0.05) is 20.3 Å². The highest BCUT2D eigenvalue weighted by molar-refractivity contribution is 4.47. The fourth-order valence-corrected chi connectivity index (χ4v) is 0. The molecule has 0 saturated carbocycles. The second-order valence-electron chi connectivity index (χ2n) is 1.50. The molecule has 0 aliphatic heterocycles. The molecule has 0 heterocycles. The van der Waals surface area contributed by atoms with Crippen molar-refractivity contribution in [3.8, 4) is 0 Å². The number of aliphatic hydroxyl groups excluding tert-OH is 1. The van der Waals surface area contributed by atoms with Crippen LogP contribution in [0.5, 0.6) is 0 Å². The van der Waals surface area contributed by atoms with E-state index in [2.05, 4.69) is 18.7 Å². The minimum absolute atomic E-state index is 0.250. The van der Waals surface area contributed by atoms with E-state index >= 15 is 0 Å². The lowest BCUT2D eigenvalue weighted by molar-refractivity contribution is 0.318. The van der Waals surface area contributed by atoms with E-state index in [9.17, 15) is 0 Å². The van der Waals surface area contributed by atoms with Gasteiger partial charge >= 0.3 is 0 Å². The van der Waals surface area contributed by atoms with Gasteiger partial charge in [-0.2, -0.15) is 0 Å². The molecule has 0 spiro atoms. The molecule has 0 atom stereocenters. The second kappa shape index (κ2) is 39.4. The Morgan fingerprint density at radius 3 is 1.30 bits per heavy atom. The lowest BCUT2D eigenvalue weighted by Gasteiger charge is -1.52. The molecular weight excluding hydrogens is 126 g/mol. The van der Waals surface area contributed by atoms with Crippen molar-refractivity contribution in [1.29, 1.82) is 0 Å². The van der Waals surface area contributed by atoms with Gasteiger partial charge in [0.15, 0.2) is 0 Å². The van der Waals surface area contributed by atoms with Crippen molar-refractivity contribution in [1.82, 2.24) is 0 Å². The van der Waals surface area contributed by atoms with E-state index < -0.39 is 0 Å². The summed E-state index contributed by atoms with van der Waals surface area (Å²) in [6.45, 7) is 14.7. The zero-order chi connectivity index (χ0) is 8.83. The molecule has 0 rings (SSSR count). The zero-order valence-corrected chi connectivity index (χ0v) is 7.52. The molecule has 2 nitrogen and oxygen atoms in total. The quantitative estimate of drug-likeness (QED) is 0.520. The summed E-state index contributed by atoms with van der Waals surface area (Å²) in [7, 11) is 0. The molecule has 0 bridgehead atoms. The third kappa shape index (κ3) is 1530. The summed E-state index contributed by atoms with van der Waals surface area (Å²) in [5, 5.41) is 7.57. The van der Waals surface area contributed by atoms with E-state index in [1.54, 1.807) is 6.92 Å². The molecule has 0 aromatic rings. The maximum absolute atomic E-state index is 7.57. The number of hydrogen-bond donors (Lipinski definition) is 1. The highest BCUT2D eigenvalue weighted by Gasteiger charge is 1.50. The Balaban J connectivity index is -0.0000000750. The predicted molar refractivity (Wildman–Crippen MR) is 45.9 cm³/mol. The minimum Gasteiger partial charge on any atom is -0.397 e. The summed E-state index contributed by atoms with van der Waals surface area (Å²) in [4.78, 5) is 2.99. The van der Waals surface area contributed by atoms with Gasteiger partial charge in [-0.05, 0) is 6.92 Å². The lowest BCUT2D eigenvalue weighted by atomic mass is 10.6. The lowest BCUT2D eigenvalue weighted by Crippen LogP contribution is -1.57. The van der Waals surface area contributed by atoms with Gasteiger partial charge in [-0.3, -0.25) is 0 Å². The molecule has 1 N–H and O–H groups in total. The Morgan fingerprint density at radius 2 is 1.30 bits per heavy atom. The van der Waals surface area contributed by atoms with E-state index in [1.807, 2.05) is 6.92 Å². The van der Waals surface area contributed by atoms with Gasteiger partial charge < -0.3 is 9.95 Å². The van der Waals surface area contributed by atoms with Gasteiger partial charge in [0, 0.05) is 13.5 Å². The molecular formula is C8H19NO. The molecule has 10 heavy (non-hydrogen) atoms. The number of aliphatic hydroxyl groups is 1. The van der Waals surface area contributed by atoms with Gasteiger partial charge in [-0.15, -0.1) is 0 Å². The smallest absolute Gasteiger partial charge is 0.211 e. The van der Waals surface area contributed by atoms with Crippen LogP contribution in [-0.2, 0) is 0 Å². The molecule has 0 fully saturated rings. The van der Waals surface area contributed by atoms with E-state index in [0.717, 1.165) is 0 Å². The monoisotopic (exact) mass is 145 g/mol. The van der Waals surface area contributed by atoms with Crippen molar-refractivity contribution >= 4 is 0 Å². The molecule has 0 saturated heterocycles. The van der Waals surface area contributed by atoms with E-state index in [4.69, 9.17) is 11.7 Å². The van der Waals surface area contributed by atoms with Crippen molar-refractivity contribution in [3.63, 3.8) is 0 Å². The van der Waals surface area contributed by atoms with Gasteiger partial charge in [0.25, 0.3) is 0 Å². The average molecular weight is 145 g/mol. The SMILES string of the molecule is CCC.CCO.[C-]#[N+]CC. The van der Waals surface area contributed by atoms with Crippen LogP contribution in [0, 0.1) is 6.57 Å². The summed E-state index contributed by atoms with van der Waals surface area (Å²) in [6.07, 6.45) is 1.25. The van der Waals surface area contributed by atoms with Gasteiger partial charge in [0.05, 0.1) is 0 Å². The van der Waals surface area contributed by atoms with Crippen molar-refractivity contribution in [3.05, 3.63) is 11.4 Å². The van der Waals surface area contributed by atoms with Gasteiger partial charge in [0.2, 0.25) is 6.54 Å². The first kappa shape index (κ1) is 16.2. The third-order valence-electron chi connectivity index (χ3n) is 0.158. The largest absolute Gasteiger partial charge is 0.397 e. The Morgan fingerprint density at radius 1 is 1.20 bits per heavy atom. The van der Waals surface area contributed by atoms with E-state index in [-0.39, 0.29) is 6.61 Å². The summed E-state index contributed by atoms with van der Waals surface area (Å²) in [5.41, 5.74) is 0. The van der Waals surface area contributed by atoms with Gasteiger partial charge in [0.1, 0.15) is 0 Å². The molecule has 2 heteroatoms. The van der Waals surface area contributed by atoms with E-state index in [1.165, 1.54) is 6.42 Å². The molecule has 0 aromatic heterocycles. The molecule has 0 aliphatic rings. The third-order valence-corrected chi connectivity index (χ3v) is 0.158. The standard InChI is InChI=1S/C3H5N.C3H8.C2H6O/c1-3-4-2;1-3-2;1-2-3/h3H2,1H3;3H2,1-2H3;3H,2H2,1H3. The fraction of sp³-hybridized carbons (Fsp3) is 0.875. The predicted octanol–water partition coefficient (Wildman–Crippen LogP) is 2.34. The van der Waals surface area contributed by atoms with Crippen molar-refractivity contribution in [2.45, 2.75) is 34.1 Å². The van der Waals surface area contributed by atoms with E-state index in [0.29, 0.717) is 6.54 Å². The number of hydrogen-bond acceptors (Lipinski definition) is 1. The van der Waals surface area contributed by atoms with Crippen LogP contribution in [-0.4, -0.2) is 18.3 Å². The number of rotatable bonds is 0. The topological polar surface area (TPSA) is 24.6 Å². The Hall–Kier alpha value is -0.550. The molecule has 0 aromatic carbocycles. The molecule has 62 valence electrons. The van der Waals surface area contributed by atoms with Crippen LogP contribution in [0.15, 0.2) is 0 Å². The summed E-state index contributed by atoms with van der Waals surface area (Å²) in [5.74, 6) is 0. The minimum atomic E-state index is 0.250. The maximum Gasteiger partial charge on any atom is 0.211 e. The van der Waals surface area contributed by atoms with Crippen LogP contribution in [0.2, 0.25) is 0 Å². The first-order valence-corrected chi connectivity index (χ1v) is 3.68. The Labute approximate surface area is 64.7 Å². The maximum atomic E-state index is 7.57. The van der Waals surface area contributed by atoms with Crippen molar-refractivity contribution in [2.24, 2.45) is 0 Å².